The minimum absolute atomic E-state index is 0.155. The number of hydrogen-bond acceptors (Lipinski definition) is 5. The lowest BCUT2D eigenvalue weighted by Gasteiger charge is -2.13. The molecule has 5 nitrogen and oxygen atoms in total. The van der Waals surface area contributed by atoms with Crippen molar-refractivity contribution in [2.75, 3.05) is 13.2 Å². The van der Waals surface area contributed by atoms with Crippen molar-refractivity contribution >= 4 is 45.4 Å². The number of halogens is 1. The molecule has 1 amide bonds. The lowest BCUT2D eigenvalue weighted by Crippen LogP contribution is -2.27. The van der Waals surface area contributed by atoms with Crippen molar-refractivity contribution in [2.45, 2.75) is 26.7 Å². The topological polar surface area (TPSA) is 59.0 Å². The summed E-state index contributed by atoms with van der Waals surface area (Å²) in [5.41, 5.74) is 1.93. The highest BCUT2D eigenvalue weighted by atomic mass is 79.9. The summed E-state index contributed by atoms with van der Waals surface area (Å²) in [5.74, 6) is -0.0819. The molecule has 1 fully saturated rings. The molecular weight excluding hydrogens is 356 g/mol. The van der Waals surface area contributed by atoms with Gasteiger partial charge in [0.25, 0.3) is 0 Å². The molecule has 0 atom stereocenters. The standard InChI is InChI=1S/C14H17BrN2O3S/c1-3-20-13(19)7-17(8-18)16-14(10-4-5-10)11-6-12(15)21-9(11)2/h6,8,10H,3-5,7H2,1-2H3/b16-14-. The average Bonchev–Trinajstić information content (AvgIpc) is 3.20. The Morgan fingerprint density at radius 2 is 2.33 bits per heavy atom. The molecule has 1 aromatic rings. The number of ether oxygens (including phenoxy) is 1. The van der Waals surface area contributed by atoms with Crippen molar-refractivity contribution in [3.63, 3.8) is 0 Å². The molecule has 0 radical (unpaired) electrons. The van der Waals surface area contributed by atoms with Gasteiger partial charge in [0.05, 0.1) is 16.1 Å². The second-order valence-corrected chi connectivity index (χ2v) is 7.42. The molecule has 0 aromatic carbocycles. The maximum absolute atomic E-state index is 11.5. The Balaban J connectivity index is 2.21. The number of hydrazone groups is 1. The summed E-state index contributed by atoms with van der Waals surface area (Å²) in [6.07, 6.45) is 2.70. The molecule has 0 saturated heterocycles. The molecule has 0 unspecified atom stereocenters. The van der Waals surface area contributed by atoms with Gasteiger partial charge in [-0.05, 0) is 48.7 Å². The summed E-state index contributed by atoms with van der Waals surface area (Å²) in [7, 11) is 0. The van der Waals surface area contributed by atoms with Crippen LogP contribution in [0.5, 0.6) is 0 Å². The van der Waals surface area contributed by atoms with E-state index in [1.165, 1.54) is 0 Å². The Hall–Kier alpha value is -1.21. The Labute approximate surface area is 136 Å². The first kappa shape index (κ1) is 16.2. The molecule has 7 heteroatoms. The van der Waals surface area contributed by atoms with Crippen LogP contribution in [-0.2, 0) is 14.3 Å². The first-order valence-electron chi connectivity index (χ1n) is 6.77. The first-order valence-corrected chi connectivity index (χ1v) is 8.38. The largest absolute Gasteiger partial charge is 0.465 e. The van der Waals surface area contributed by atoms with E-state index in [9.17, 15) is 9.59 Å². The molecule has 1 aliphatic rings. The van der Waals surface area contributed by atoms with Gasteiger partial charge in [0.15, 0.2) is 0 Å². The van der Waals surface area contributed by atoms with Crippen LogP contribution in [0.25, 0.3) is 0 Å². The van der Waals surface area contributed by atoms with Gasteiger partial charge in [-0.15, -0.1) is 11.3 Å². The number of esters is 1. The van der Waals surface area contributed by atoms with E-state index in [0.29, 0.717) is 18.9 Å². The van der Waals surface area contributed by atoms with Gasteiger partial charge < -0.3 is 4.74 Å². The summed E-state index contributed by atoms with van der Waals surface area (Å²) in [5, 5.41) is 5.51. The van der Waals surface area contributed by atoms with E-state index in [2.05, 4.69) is 21.0 Å². The van der Waals surface area contributed by atoms with Gasteiger partial charge in [-0.2, -0.15) is 5.10 Å². The smallest absolute Gasteiger partial charge is 0.327 e. The second-order valence-electron chi connectivity index (χ2n) is 4.79. The Bertz CT molecular complexity index is 567. The van der Waals surface area contributed by atoms with E-state index in [1.54, 1.807) is 18.3 Å². The molecule has 1 aliphatic carbocycles. The number of hydrogen-bond donors (Lipinski definition) is 0. The zero-order valence-electron chi connectivity index (χ0n) is 12.0. The predicted molar refractivity (Wildman–Crippen MR) is 85.4 cm³/mol. The van der Waals surface area contributed by atoms with E-state index < -0.39 is 5.97 Å². The van der Waals surface area contributed by atoms with E-state index in [4.69, 9.17) is 4.74 Å². The summed E-state index contributed by atoms with van der Waals surface area (Å²) in [4.78, 5) is 23.8. The third-order valence-electron chi connectivity index (χ3n) is 3.08. The fourth-order valence-electron chi connectivity index (χ4n) is 1.99. The molecular formula is C14H17BrN2O3S. The molecule has 2 rings (SSSR count). The highest BCUT2D eigenvalue weighted by Crippen LogP contribution is 2.37. The van der Waals surface area contributed by atoms with Crippen molar-refractivity contribution in [3.05, 3.63) is 20.3 Å². The lowest BCUT2D eigenvalue weighted by molar-refractivity contribution is -0.146. The van der Waals surface area contributed by atoms with E-state index in [1.807, 2.05) is 13.0 Å². The average molecular weight is 373 g/mol. The number of thiophene rings is 1. The predicted octanol–water partition coefficient (Wildman–Crippen LogP) is 2.95. The lowest BCUT2D eigenvalue weighted by atomic mass is 10.1. The quantitative estimate of drug-likeness (QED) is 0.320. The van der Waals surface area contributed by atoms with Crippen LogP contribution in [0.15, 0.2) is 15.0 Å². The zero-order chi connectivity index (χ0) is 15.4. The normalized spacial score (nSPS) is 14.9. The van der Waals surface area contributed by atoms with Crippen molar-refractivity contribution in [1.29, 1.82) is 0 Å². The monoisotopic (exact) mass is 372 g/mol. The van der Waals surface area contributed by atoms with Gasteiger partial charge in [0.1, 0.15) is 6.54 Å². The number of carbonyl (C=O) groups is 2. The highest BCUT2D eigenvalue weighted by Gasteiger charge is 2.31. The van der Waals surface area contributed by atoms with Crippen molar-refractivity contribution in [2.24, 2.45) is 11.0 Å². The zero-order valence-corrected chi connectivity index (χ0v) is 14.4. The SMILES string of the molecule is CCOC(=O)CN(C=O)/N=C(\c1cc(Br)sc1C)C1CC1. The van der Waals surface area contributed by atoms with E-state index in [0.717, 1.165) is 37.8 Å². The summed E-state index contributed by atoms with van der Waals surface area (Å²) >= 11 is 5.11. The minimum Gasteiger partial charge on any atom is -0.465 e. The summed E-state index contributed by atoms with van der Waals surface area (Å²) < 4.78 is 5.88. The fourth-order valence-corrected chi connectivity index (χ4v) is 3.69. The summed E-state index contributed by atoms with van der Waals surface area (Å²) in [6, 6.07) is 2.02. The number of aryl methyl sites for hydroxylation is 1. The molecule has 0 bridgehead atoms. The minimum atomic E-state index is -0.452. The van der Waals surface area contributed by atoms with Crippen LogP contribution in [0.3, 0.4) is 0 Å². The number of carbonyl (C=O) groups excluding carboxylic acids is 2. The van der Waals surface area contributed by atoms with Crippen LogP contribution in [0.2, 0.25) is 0 Å². The molecule has 21 heavy (non-hydrogen) atoms. The molecule has 0 aliphatic heterocycles. The van der Waals surface area contributed by atoms with Crippen LogP contribution >= 0.6 is 27.3 Å². The fraction of sp³-hybridized carbons (Fsp3) is 0.500. The third-order valence-corrected chi connectivity index (χ3v) is 4.64. The van der Waals surface area contributed by atoms with Gasteiger partial charge in [0, 0.05) is 16.4 Å². The van der Waals surface area contributed by atoms with Crippen LogP contribution in [-0.4, -0.2) is 36.3 Å². The number of rotatable bonds is 7. The molecule has 0 spiro atoms. The number of amides is 1. The van der Waals surface area contributed by atoms with Crippen LogP contribution in [0.1, 0.15) is 30.2 Å². The van der Waals surface area contributed by atoms with Gasteiger partial charge >= 0.3 is 5.97 Å². The Morgan fingerprint density at radius 3 is 2.81 bits per heavy atom. The second kappa shape index (κ2) is 7.17. The molecule has 114 valence electrons. The Kier molecular flexibility index (Phi) is 5.52. The Morgan fingerprint density at radius 1 is 1.62 bits per heavy atom. The van der Waals surface area contributed by atoms with Gasteiger partial charge in [0.2, 0.25) is 6.41 Å². The highest BCUT2D eigenvalue weighted by molar-refractivity contribution is 9.11. The first-order chi connectivity index (χ1) is 10.0. The van der Waals surface area contributed by atoms with Crippen molar-refractivity contribution in [1.82, 2.24) is 5.01 Å². The van der Waals surface area contributed by atoms with Crippen LogP contribution < -0.4 is 0 Å². The van der Waals surface area contributed by atoms with Crippen molar-refractivity contribution in [3.8, 4) is 0 Å². The van der Waals surface area contributed by atoms with Gasteiger partial charge in [-0.1, -0.05) is 0 Å². The van der Waals surface area contributed by atoms with E-state index in [-0.39, 0.29) is 6.54 Å². The number of nitrogens with zero attached hydrogens (tertiary/aromatic N) is 2. The molecule has 1 aromatic heterocycles. The maximum Gasteiger partial charge on any atom is 0.327 e. The van der Waals surface area contributed by atoms with E-state index >= 15 is 0 Å². The summed E-state index contributed by atoms with van der Waals surface area (Å²) in [6.45, 7) is 3.90. The van der Waals surface area contributed by atoms with Crippen LogP contribution in [0.4, 0.5) is 0 Å². The van der Waals surface area contributed by atoms with Crippen molar-refractivity contribution < 1.29 is 14.3 Å². The third kappa shape index (κ3) is 4.38. The molecule has 1 heterocycles. The van der Waals surface area contributed by atoms with Crippen LogP contribution in [0, 0.1) is 12.8 Å². The maximum atomic E-state index is 11.5. The molecule has 1 saturated carbocycles. The van der Waals surface area contributed by atoms with Gasteiger partial charge in [-0.3, -0.25) is 9.59 Å². The molecule has 0 N–H and O–H groups in total. The van der Waals surface area contributed by atoms with Gasteiger partial charge in [-0.25, -0.2) is 5.01 Å².